The molecule has 0 amide bonds. The summed E-state index contributed by atoms with van der Waals surface area (Å²) in [5.41, 5.74) is 8.58. The Morgan fingerprint density at radius 2 is 1.86 bits per heavy atom. The molecule has 0 aliphatic carbocycles. The standard InChI is InChI=1S/C18H22FNO/c1-3-4-11-21-15-8-6-14(7-9-15)18(20)16-12-13(2)5-10-17(16)19/h5-10,12,18H,3-4,11,20H2,1-2H3. The number of benzene rings is 2. The van der Waals surface area contributed by atoms with Gasteiger partial charge < -0.3 is 10.5 Å². The third kappa shape index (κ3) is 4.05. The van der Waals surface area contributed by atoms with Gasteiger partial charge in [0.05, 0.1) is 12.6 Å². The van der Waals surface area contributed by atoms with Crippen LogP contribution in [0.25, 0.3) is 0 Å². The lowest BCUT2D eigenvalue weighted by atomic mass is 9.97. The SMILES string of the molecule is CCCCOc1ccc(C(N)c2cc(C)ccc2F)cc1. The highest BCUT2D eigenvalue weighted by molar-refractivity contribution is 5.37. The van der Waals surface area contributed by atoms with Gasteiger partial charge >= 0.3 is 0 Å². The van der Waals surface area contributed by atoms with Gasteiger partial charge in [0.25, 0.3) is 0 Å². The summed E-state index contributed by atoms with van der Waals surface area (Å²) in [6.07, 6.45) is 2.14. The quantitative estimate of drug-likeness (QED) is 0.801. The van der Waals surface area contributed by atoms with Crippen molar-refractivity contribution >= 4 is 0 Å². The smallest absolute Gasteiger partial charge is 0.128 e. The fraction of sp³-hybridized carbons (Fsp3) is 0.333. The zero-order chi connectivity index (χ0) is 15.2. The number of rotatable bonds is 6. The molecule has 0 heterocycles. The highest BCUT2D eigenvalue weighted by atomic mass is 19.1. The van der Waals surface area contributed by atoms with Gasteiger partial charge in [-0.1, -0.05) is 43.2 Å². The monoisotopic (exact) mass is 287 g/mol. The van der Waals surface area contributed by atoms with Crippen molar-refractivity contribution in [3.8, 4) is 5.75 Å². The minimum absolute atomic E-state index is 0.267. The van der Waals surface area contributed by atoms with E-state index in [0.29, 0.717) is 12.2 Å². The minimum Gasteiger partial charge on any atom is -0.494 e. The summed E-state index contributed by atoms with van der Waals surface area (Å²) in [6, 6.07) is 12.1. The van der Waals surface area contributed by atoms with Crippen LogP contribution in [0.2, 0.25) is 0 Å². The molecule has 0 aromatic heterocycles. The van der Waals surface area contributed by atoms with E-state index in [1.807, 2.05) is 31.2 Å². The largest absolute Gasteiger partial charge is 0.494 e. The van der Waals surface area contributed by atoms with Crippen LogP contribution in [0.5, 0.6) is 5.75 Å². The van der Waals surface area contributed by atoms with Crippen LogP contribution in [0.15, 0.2) is 42.5 Å². The van der Waals surface area contributed by atoms with E-state index in [-0.39, 0.29) is 5.82 Å². The Morgan fingerprint density at radius 3 is 2.52 bits per heavy atom. The lowest BCUT2D eigenvalue weighted by Gasteiger charge is -2.15. The van der Waals surface area contributed by atoms with Crippen LogP contribution in [0.3, 0.4) is 0 Å². The van der Waals surface area contributed by atoms with Crippen molar-refractivity contribution in [1.82, 2.24) is 0 Å². The van der Waals surface area contributed by atoms with Crippen LogP contribution in [0.4, 0.5) is 4.39 Å². The lowest BCUT2D eigenvalue weighted by molar-refractivity contribution is 0.309. The normalized spacial score (nSPS) is 12.2. The summed E-state index contributed by atoms with van der Waals surface area (Å²) in [5.74, 6) is 0.556. The molecule has 1 atom stereocenters. The molecule has 0 saturated heterocycles. The summed E-state index contributed by atoms with van der Waals surface area (Å²) < 4.78 is 19.5. The van der Waals surface area contributed by atoms with Gasteiger partial charge in [-0.05, 0) is 37.1 Å². The molecule has 2 nitrogen and oxygen atoms in total. The number of hydrogen-bond donors (Lipinski definition) is 1. The van der Waals surface area contributed by atoms with Gasteiger partial charge in [-0.3, -0.25) is 0 Å². The van der Waals surface area contributed by atoms with Crippen LogP contribution in [-0.4, -0.2) is 6.61 Å². The van der Waals surface area contributed by atoms with E-state index in [1.54, 1.807) is 12.1 Å². The van der Waals surface area contributed by atoms with Crippen molar-refractivity contribution in [1.29, 1.82) is 0 Å². The second-order valence-corrected chi connectivity index (χ2v) is 5.27. The predicted octanol–water partition coefficient (Wildman–Crippen LogP) is 4.36. The van der Waals surface area contributed by atoms with Crippen molar-refractivity contribution < 1.29 is 9.13 Å². The van der Waals surface area contributed by atoms with Crippen LogP contribution >= 0.6 is 0 Å². The maximum absolute atomic E-state index is 13.9. The van der Waals surface area contributed by atoms with E-state index >= 15 is 0 Å². The van der Waals surface area contributed by atoms with Gasteiger partial charge in [0, 0.05) is 5.56 Å². The third-order valence-electron chi connectivity index (χ3n) is 3.49. The molecule has 2 N–H and O–H groups in total. The number of halogens is 1. The van der Waals surface area contributed by atoms with Gasteiger partial charge in [-0.2, -0.15) is 0 Å². The third-order valence-corrected chi connectivity index (χ3v) is 3.49. The second-order valence-electron chi connectivity index (χ2n) is 5.27. The van der Waals surface area contributed by atoms with Crippen molar-refractivity contribution in [2.24, 2.45) is 5.73 Å². The van der Waals surface area contributed by atoms with Gasteiger partial charge in [0.2, 0.25) is 0 Å². The van der Waals surface area contributed by atoms with Gasteiger partial charge in [-0.15, -0.1) is 0 Å². The highest BCUT2D eigenvalue weighted by Gasteiger charge is 2.13. The van der Waals surface area contributed by atoms with Crippen LogP contribution in [0.1, 0.15) is 42.5 Å². The maximum Gasteiger partial charge on any atom is 0.128 e. The van der Waals surface area contributed by atoms with Crippen molar-refractivity contribution in [3.05, 3.63) is 65.0 Å². The summed E-state index contributed by atoms with van der Waals surface area (Å²) in [5, 5.41) is 0. The Labute approximate surface area is 125 Å². The maximum atomic E-state index is 13.9. The molecule has 21 heavy (non-hydrogen) atoms. The summed E-state index contributed by atoms with van der Waals surface area (Å²) in [4.78, 5) is 0. The van der Waals surface area contributed by atoms with Crippen LogP contribution in [0, 0.1) is 12.7 Å². The fourth-order valence-corrected chi connectivity index (χ4v) is 2.19. The minimum atomic E-state index is -0.463. The number of hydrogen-bond acceptors (Lipinski definition) is 2. The first-order valence-corrected chi connectivity index (χ1v) is 7.36. The number of nitrogens with two attached hydrogens (primary N) is 1. The van der Waals surface area contributed by atoms with Crippen LogP contribution in [-0.2, 0) is 0 Å². The van der Waals surface area contributed by atoms with Gasteiger partial charge in [0.1, 0.15) is 11.6 Å². The molecule has 2 rings (SSSR count). The van der Waals surface area contributed by atoms with E-state index in [2.05, 4.69) is 6.92 Å². The Balaban J connectivity index is 2.12. The molecule has 0 aliphatic heterocycles. The van der Waals surface area contributed by atoms with E-state index in [1.165, 1.54) is 6.07 Å². The molecule has 0 bridgehead atoms. The Morgan fingerprint density at radius 1 is 1.14 bits per heavy atom. The predicted molar refractivity (Wildman–Crippen MR) is 84.0 cm³/mol. The second kappa shape index (κ2) is 7.23. The molecule has 1 unspecified atom stereocenters. The summed E-state index contributed by atoms with van der Waals surface area (Å²) >= 11 is 0. The van der Waals surface area contributed by atoms with E-state index < -0.39 is 6.04 Å². The molecule has 0 aliphatic rings. The van der Waals surface area contributed by atoms with Crippen molar-refractivity contribution in [2.75, 3.05) is 6.61 Å². The molecule has 0 spiro atoms. The zero-order valence-corrected chi connectivity index (χ0v) is 12.6. The number of aryl methyl sites for hydroxylation is 1. The molecule has 0 radical (unpaired) electrons. The fourth-order valence-electron chi connectivity index (χ4n) is 2.19. The highest BCUT2D eigenvalue weighted by Crippen LogP contribution is 2.25. The number of unbranched alkanes of at least 4 members (excludes halogenated alkanes) is 1. The number of ether oxygens (including phenoxy) is 1. The van der Waals surface area contributed by atoms with E-state index in [4.69, 9.17) is 10.5 Å². The molecule has 0 saturated carbocycles. The summed E-state index contributed by atoms with van der Waals surface area (Å²) in [7, 11) is 0. The molecular weight excluding hydrogens is 265 g/mol. The van der Waals surface area contributed by atoms with E-state index in [0.717, 1.165) is 29.7 Å². The average molecular weight is 287 g/mol. The Kier molecular flexibility index (Phi) is 5.34. The van der Waals surface area contributed by atoms with Gasteiger partial charge in [-0.25, -0.2) is 4.39 Å². The molecule has 2 aromatic carbocycles. The average Bonchev–Trinajstić information content (AvgIpc) is 2.50. The molecule has 0 fully saturated rings. The Hall–Kier alpha value is -1.87. The van der Waals surface area contributed by atoms with Crippen molar-refractivity contribution in [3.63, 3.8) is 0 Å². The summed E-state index contributed by atoms with van der Waals surface area (Å²) in [6.45, 7) is 4.77. The molecule has 112 valence electrons. The molecular formula is C18H22FNO. The molecule has 3 heteroatoms. The lowest BCUT2D eigenvalue weighted by Crippen LogP contribution is -2.13. The Bertz CT molecular complexity index is 580. The first-order chi connectivity index (χ1) is 10.1. The van der Waals surface area contributed by atoms with Crippen molar-refractivity contribution in [2.45, 2.75) is 32.7 Å². The topological polar surface area (TPSA) is 35.2 Å². The van der Waals surface area contributed by atoms with Gasteiger partial charge in [0.15, 0.2) is 0 Å². The first-order valence-electron chi connectivity index (χ1n) is 7.36. The van der Waals surface area contributed by atoms with E-state index in [9.17, 15) is 4.39 Å². The molecule has 2 aromatic rings. The zero-order valence-electron chi connectivity index (χ0n) is 12.6. The first kappa shape index (κ1) is 15.5. The van der Waals surface area contributed by atoms with Crippen LogP contribution < -0.4 is 10.5 Å².